The molecule has 0 bridgehead atoms. The molecule has 1 aromatic carbocycles. The first-order chi connectivity index (χ1) is 7.66. The number of carbonyl (C=O) groups excluding carboxylic acids is 1. The third-order valence-electron chi connectivity index (χ3n) is 2.48. The van der Waals surface area contributed by atoms with Gasteiger partial charge in [0.05, 0.1) is 11.3 Å². The zero-order valence-corrected chi connectivity index (χ0v) is 9.02. The van der Waals surface area contributed by atoms with Crippen LogP contribution in [0.3, 0.4) is 0 Å². The second-order valence-corrected chi connectivity index (χ2v) is 3.46. The van der Waals surface area contributed by atoms with Gasteiger partial charge in [-0.05, 0) is 6.92 Å². The lowest BCUT2D eigenvalue weighted by molar-refractivity contribution is 0.104. The monoisotopic (exact) mass is 217 g/mol. The van der Waals surface area contributed by atoms with Crippen molar-refractivity contribution in [3.8, 4) is 0 Å². The molecule has 0 fully saturated rings. The third-order valence-corrected chi connectivity index (χ3v) is 2.48. The molecule has 1 aromatic rings. The van der Waals surface area contributed by atoms with Crippen LogP contribution in [0.15, 0.2) is 35.0 Å². The van der Waals surface area contributed by atoms with Crippen LogP contribution >= 0.6 is 0 Å². The molecule has 1 aliphatic carbocycles. The lowest BCUT2D eigenvalue weighted by Crippen LogP contribution is -2.07. The number of carbonyl (C=O) groups is 1. The van der Waals surface area contributed by atoms with Gasteiger partial charge in [-0.1, -0.05) is 29.4 Å². The van der Waals surface area contributed by atoms with Gasteiger partial charge in [0, 0.05) is 11.1 Å². The van der Waals surface area contributed by atoms with Crippen molar-refractivity contribution in [2.24, 2.45) is 5.16 Å². The van der Waals surface area contributed by atoms with Crippen LogP contribution < -0.4 is 0 Å². The highest BCUT2D eigenvalue weighted by molar-refractivity contribution is 6.35. The SMILES string of the molecule is CON=C(C)C1=C(O)c2ccccc2C1=O. The molecular formula is C12H11NO3. The van der Waals surface area contributed by atoms with Crippen molar-refractivity contribution in [3.05, 3.63) is 41.0 Å². The molecule has 0 saturated heterocycles. The predicted octanol–water partition coefficient (Wildman–Crippen LogP) is 2.17. The maximum absolute atomic E-state index is 12.0. The molecule has 0 heterocycles. The molecule has 1 aliphatic rings. The number of oxime groups is 1. The number of rotatable bonds is 2. The van der Waals surface area contributed by atoms with Gasteiger partial charge in [-0.2, -0.15) is 0 Å². The van der Waals surface area contributed by atoms with E-state index in [2.05, 4.69) is 9.99 Å². The van der Waals surface area contributed by atoms with E-state index in [0.717, 1.165) is 0 Å². The van der Waals surface area contributed by atoms with Crippen LogP contribution in [0.2, 0.25) is 0 Å². The normalized spacial score (nSPS) is 15.4. The zero-order valence-electron chi connectivity index (χ0n) is 9.02. The van der Waals surface area contributed by atoms with Crippen molar-refractivity contribution < 1.29 is 14.7 Å². The molecule has 0 unspecified atom stereocenters. The van der Waals surface area contributed by atoms with Crippen molar-refractivity contribution in [1.82, 2.24) is 0 Å². The van der Waals surface area contributed by atoms with Crippen LogP contribution in [0.5, 0.6) is 0 Å². The molecule has 0 radical (unpaired) electrons. The summed E-state index contributed by atoms with van der Waals surface area (Å²) in [6, 6.07) is 6.92. The number of Topliss-reactive ketones (excluding diaryl/α,β-unsaturated/α-hetero) is 1. The molecule has 82 valence electrons. The fraction of sp³-hybridized carbons (Fsp3) is 0.167. The van der Waals surface area contributed by atoms with E-state index in [1.807, 2.05) is 0 Å². The Hall–Kier alpha value is -2.10. The van der Waals surface area contributed by atoms with Crippen molar-refractivity contribution in [1.29, 1.82) is 0 Å². The smallest absolute Gasteiger partial charge is 0.199 e. The Kier molecular flexibility index (Phi) is 2.48. The predicted molar refractivity (Wildman–Crippen MR) is 60.4 cm³/mol. The van der Waals surface area contributed by atoms with Gasteiger partial charge in [0.25, 0.3) is 0 Å². The maximum Gasteiger partial charge on any atom is 0.199 e. The number of aliphatic hydroxyl groups is 1. The molecule has 4 heteroatoms. The molecule has 1 N–H and O–H groups in total. The summed E-state index contributed by atoms with van der Waals surface area (Å²) in [7, 11) is 1.40. The van der Waals surface area contributed by atoms with E-state index in [9.17, 15) is 9.90 Å². The van der Waals surface area contributed by atoms with Crippen LogP contribution in [0.25, 0.3) is 5.76 Å². The minimum atomic E-state index is -0.216. The highest BCUT2D eigenvalue weighted by Crippen LogP contribution is 2.31. The van der Waals surface area contributed by atoms with Crippen molar-refractivity contribution >= 4 is 17.3 Å². The molecule has 0 aliphatic heterocycles. The second kappa shape index (κ2) is 3.81. The highest BCUT2D eigenvalue weighted by atomic mass is 16.6. The topological polar surface area (TPSA) is 58.9 Å². The van der Waals surface area contributed by atoms with Gasteiger partial charge in [0.15, 0.2) is 5.78 Å². The third kappa shape index (κ3) is 1.39. The van der Waals surface area contributed by atoms with Crippen LogP contribution in [0, 0.1) is 0 Å². The van der Waals surface area contributed by atoms with E-state index in [0.29, 0.717) is 16.8 Å². The molecule has 0 atom stereocenters. The minimum absolute atomic E-state index is 0.0288. The van der Waals surface area contributed by atoms with Crippen LogP contribution in [-0.4, -0.2) is 23.7 Å². The largest absolute Gasteiger partial charge is 0.506 e. The Morgan fingerprint density at radius 1 is 1.31 bits per heavy atom. The number of hydrogen-bond acceptors (Lipinski definition) is 4. The summed E-state index contributed by atoms with van der Waals surface area (Å²) in [5.41, 5.74) is 1.64. The van der Waals surface area contributed by atoms with E-state index in [4.69, 9.17) is 0 Å². The Bertz CT molecular complexity index is 515. The summed E-state index contributed by atoms with van der Waals surface area (Å²) in [6.45, 7) is 1.62. The van der Waals surface area contributed by atoms with Crippen LogP contribution in [0.1, 0.15) is 22.8 Å². The fourth-order valence-corrected chi connectivity index (χ4v) is 1.78. The molecular weight excluding hydrogens is 206 g/mol. The molecule has 0 aromatic heterocycles. The molecule has 0 amide bonds. The average molecular weight is 217 g/mol. The Balaban J connectivity index is 2.56. The minimum Gasteiger partial charge on any atom is -0.506 e. The highest BCUT2D eigenvalue weighted by Gasteiger charge is 2.31. The lowest BCUT2D eigenvalue weighted by atomic mass is 10.1. The standard InChI is InChI=1S/C12H11NO3/c1-7(13-16-2)10-11(14)8-5-3-4-6-9(8)12(10)15/h3-6,14H,1-2H3. The van der Waals surface area contributed by atoms with Crippen molar-refractivity contribution in [2.75, 3.05) is 7.11 Å². The maximum atomic E-state index is 12.0. The molecule has 4 nitrogen and oxygen atoms in total. The van der Waals surface area contributed by atoms with E-state index in [1.165, 1.54) is 7.11 Å². The number of allylic oxidation sites excluding steroid dienone is 1. The summed E-state index contributed by atoms with van der Waals surface area (Å²) in [5.74, 6) is -0.245. The number of hydrogen-bond donors (Lipinski definition) is 1. The lowest BCUT2D eigenvalue weighted by Gasteiger charge is -1.99. The van der Waals surface area contributed by atoms with E-state index in [1.54, 1.807) is 31.2 Å². The van der Waals surface area contributed by atoms with E-state index >= 15 is 0 Å². The van der Waals surface area contributed by atoms with E-state index < -0.39 is 0 Å². The average Bonchev–Trinajstić information content (AvgIpc) is 2.53. The van der Waals surface area contributed by atoms with Gasteiger partial charge >= 0.3 is 0 Å². The van der Waals surface area contributed by atoms with Gasteiger partial charge < -0.3 is 9.94 Å². The summed E-state index contributed by atoms with van der Waals surface area (Å²) < 4.78 is 0. The molecule has 0 spiro atoms. The molecule has 0 saturated carbocycles. The van der Waals surface area contributed by atoms with Gasteiger partial charge in [0.1, 0.15) is 12.9 Å². The first kappa shape index (κ1) is 10.4. The number of nitrogens with zero attached hydrogens (tertiary/aromatic N) is 1. The number of ketones is 1. The van der Waals surface area contributed by atoms with E-state index in [-0.39, 0.29) is 17.1 Å². The van der Waals surface area contributed by atoms with Crippen molar-refractivity contribution in [3.63, 3.8) is 0 Å². The first-order valence-corrected chi connectivity index (χ1v) is 4.82. The summed E-state index contributed by atoms with van der Waals surface area (Å²) >= 11 is 0. The fourth-order valence-electron chi connectivity index (χ4n) is 1.78. The molecule has 16 heavy (non-hydrogen) atoms. The molecule has 2 rings (SSSR count). The number of aliphatic hydroxyl groups excluding tert-OH is 1. The van der Waals surface area contributed by atoms with Gasteiger partial charge in [-0.3, -0.25) is 4.79 Å². The Labute approximate surface area is 92.8 Å². The Morgan fingerprint density at radius 3 is 2.50 bits per heavy atom. The first-order valence-electron chi connectivity index (χ1n) is 4.82. The Morgan fingerprint density at radius 2 is 1.94 bits per heavy atom. The van der Waals surface area contributed by atoms with Crippen molar-refractivity contribution in [2.45, 2.75) is 6.92 Å². The summed E-state index contributed by atoms with van der Waals surface area (Å²) in [5, 5.41) is 13.6. The second-order valence-electron chi connectivity index (χ2n) is 3.46. The quantitative estimate of drug-likeness (QED) is 0.610. The van der Waals surface area contributed by atoms with Gasteiger partial charge in [-0.15, -0.1) is 0 Å². The number of benzene rings is 1. The van der Waals surface area contributed by atoms with Crippen LogP contribution in [-0.2, 0) is 4.84 Å². The van der Waals surface area contributed by atoms with Gasteiger partial charge in [-0.25, -0.2) is 0 Å². The zero-order chi connectivity index (χ0) is 11.7. The summed E-state index contributed by atoms with van der Waals surface area (Å²) in [6.07, 6.45) is 0. The van der Waals surface area contributed by atoms with Crippen LogP contribution in [0.4, 0.5) is 0 Å². The van der Waals surface area contributed by atoms with Gasteiger partial charge in [0.2, 0.25) is 0 Å². The number of fused-ring (bicyclic) bond motifs is 1. The summed E-state index contributed by atoms with van der Waals surface area (Å²) in [4.78, 5) is 16.6.